The average molecular weight is 432 g/mol. The monoisotopic (exact) mass is 432 g/mol. The fraction of sp³-hybridized carbons (Fsp3) is 0.391. The number of alkyl halides is 3. The lowest BCUT2D eigenvalue weighted by Gasteiger charge is -2.35. The van der Waals surface area contributed by atoms with Crippen LogP contribution in [0.2, 0.25) is 0 Å². The number of halogens is 3. The van der Waals surface area contributed by atoms with Crippen molar-refractivity contribution in [1.29, 1.82) is 0 Å². The van der Waals surface area contributed by atoms with Crippen molar-refractivity contribution in [3.8, 4) is 11.1 Å². The van der Waals surface area contributed by atoms with Crippen LogP contribution in [0.3, 0.4) is 0 Å². The quantitative estimate of drug-likeness (QED) is 0.808. The van der Waals surface area contributed by atoms with E-state index in [-0.39, 0.29) is 17.4 Å². The van der Waals surface area contributed by atoms with Gasteiger partial charge in [0.15, 0.2) is 0 Å². The van der Waals surface area contributed by atoms with Crippen LogP contribution in [0.25, 0.3) is 11.1 Å². The van der Waals surface area contributed by atoms with Crippen LogP contribution in [0, 0.1) is 6.92 Å². The number of carbonyl (C=O) groups excluding carboxylic acids is 2. The van der Waals surface area contributed by atoms with Crippen LogP contribution in [-0.2, 0) is 11.0 Å². The molecule has 1 aliphatic carbocycles. The highest BCUT2D eigenvalue weighted by atomic mass is 19.4. The van der Waals surface area contributed by atoms with Crippen molar-refractivity contribution in [3.63, 3.8) is 0 Å². The van der Waals surface area contributed by atoms with Gasteiger partial charge >= 0.3 is 6.18 Å². The van der Waals surface area contributed by atoms with E-state index >= 15 is 0 Å². The predicted octanol–water partition coefficient (Wildman–Crippen LogP) is 3.49. The minimum atomic E-state index is -4.47. The lowest BCUT2D eigenvalue weighted by atomic mass is 9.96. The van der Waals surface area contributed by atoms with Crippen LogP contribution in [-0.4, -0.2) is 58.5 Å². The van der Waals surface area contributed by atoms with Gasteiger partial charge in [-0.1, -0.05) is 29.8 Å². The number of hydrogen-bond donors (Lipinski definition) is 1. The zero-order valence-electron chi connectivity index (χ0n) is 17.1. The Morgan fingerprint density at radius 1 is 0.935 bits per heavy atom. The van der Waals surface area contributed by atoms with E-state index in [0.717, 1.165) is 6.07 Å². The van der Waals surface area contributed by atoms with Crippen molar-refractivity contribution in [3.05, 3.63) is 59.2 Å². The molecule has 8 heteroatoms. The van der Waals surface area contributed by atoms with Crippen molar-refractivity contribution in [2.24, 2.45) is 0 Å². The second kappa shape index (κ2) is 7.67. The maximum absolute atomic E-state index is 13.4. The molecular formula is C23H23F3N2O3. The first-order valence-electron chi connectivity index (χ1n) is 10.2. The van der Waals surface area contributed by atoms with Gasteiger partial charge in [-0.3, -0.25) is 9.59 Å². The molecule has 164 valence electrons. The van der Waals surface area contributed by atoms with E-state index in [0.29, 0.717) is 55.7 Å². The Labute approximate surface area is 178 Å². The van der Waals surface area contributed by atoms with E-state index in [1.165, 1.54) is 30.3 Å². The Bertz CT molecular complexity index is 1010. The molecule has 2 amide bonds. The maximum Gasteiger partial charge on any atom is 0.417 e. The summed E-state index contributed by atoms with van der Waals surface area (Å²) in [5.74, 6) is -0.508. The summed E-state index contributed by atoms with van der Waals surface area (Å²) >= 11 is 0. The van der Waals surface area contributed by atoms with Crippen LogP contribution >= 0.6 is 0 Å². The van der Waals surface area contributed by atoms with Crippen LogP contribution in [0.4, 0.5) is 13.2 Å². The third-order valence-corrected chi connectivity index (χ3v) is 5.90. The summed E-state index contributed by atoms with van der Waals surface area (Å²) in [6.07, 6.45) is -3.51. The fourth-order valence-electron chi connectivity index (χ4n) is 3.86. The highest BCUT2D eigenvalue weighted by molar-refractivity contribution is 5.95. The Morgan fingerprint density at radius 2 is 1.52 bits per heavy atom. The number of rotatable bonds is 3. The van der Waals surface area contributed by atoms with Gasteiger partial charge in [0.05, 0.1) is 5.56 Å². The minimum absolute atomic E-state index is 0.0715. The lowest BCUT2D eigenvalue weighted by Crippen LogP contribution is -2.53. The molecule has 2 aliphatic rings. The molecule has 0 unspecified atom stereocenters. The van der Waals surface area contributed by atoms with Crippen molar-refractivity contribution in [1.82, 2.24) is 9.80 Å². The molecule has 2 fully saturated rings. The van der Waals surface area contributed by atoms with Gasteiger partial charge in [-0.05, 0) is 49.1 Å². The van der Waals surface area contributed by atoms with Gasteiger partial charge in [0, 0.05) is 31.7 Å². The summed E-state index contributed by atoms with van der Waals surface area (Å²) in [6.45, 7) is 3.00. The van der Waals surface area contributed by atoms with E-state index in [1.54, 1.807) is 22.8 Å². The van der Waals surface area contributed by atoms with Crippen molar-refractivity contribution in [2.45, 2.75) is 31.5 Å². The topological polar surface area (TPSA) is 60.9 Å². The number of piperazine rings is 1. The molecule has 4 rings (SSSR count). The molecule has 1 N–H and O–H groups in total. The van der Waals surface area contributed by atoms with Crippen molar-refractivity contribution < 1.29 is 27.9 Å². The van der Waals surface area contributed by atoms with Crippen molar-refractivity contribution >= 4 is 11.8 Å². The van der Waals surface area contributed by atoms with Gasteiger partial charge in [0.1, 0.15) is 5.60 Å². The third-order valence-electron chi connectivity index (χ3n) is 5.90. The van der Waals surface area contributed by atoms with Gasteiger partial charge in [0.2, 0.25) is 0 Å². The predicted molar refractivity (Wildman–Crippen MR) is 108 cm³/mol. The van der Waals surface area contributed by atoms with Gasteiger partial charge in [-0.2, -0.15) is 13.2 Å². The van der Waals surface area contributed by atoms with Gasteiger partial charge in [0.25, 0.3) is 11.8 Å². The van der Waals surface area contributed by atoms with Gasteiger partial charge in [-0.25, -0.2) is 0 Å². The Morgan fingerprint density at radius 3 is 2.06 bits per heavy atom. The van der Waals surface area contributed by atoms with E-state index in [1.807, 2.05) is 0 Å². The first-order valence-corrected chi connectivity index (χ1v) is 10.2. The Hall–Kier alpha value is -2.87. The molecule has 1 saturated heterocycles. The van der Waals surface area contributed by atoms with Crippen LogP contribution in [0.15, 0.2) is 42.5 Å². The van der Waals surface area contributed by atoms with Crippen molar-refractivity contribution in [2.75, 3.05) is 26.2 Å². The molecule has 1 aliphatic heterocycles. The summed E-state index contributed by atoms with van der Waals surface area (Å²) in [5, 5.41) is 9.97. The number of amides is 2. The summed E-state index contributed by atoms with van der Waals surface area (Å²) in [7, 11) is 0. The summed E-state index contributed by atoms with van der Waals surface area (Å²) in [5.41, 5.74) is -0.559. The molecule has 31 heavy (non-hydrogen) atoms. The normalized spacial score (nSPS) is 18.1. The highest BCUT2D eigenvalue weighted by Gasteiger charge is 2.50. The number of nitrogens with zero attached hydrogens (tertiary/aromatic N) is 2. The number of aliphatic hydroxyl groups is 1. The van der Waals surface area contributed by atoms with Gasteiger partial charge in [-0.15, -0.1) is 0 Å². The fourth-order valence-corrected chi connectivity index (χ4v) is 3.86. The van der Waals surface area contributed by atoms with E-state index in [4.69, 9.17) is 0 Å². The minimum Gasteiger partial charge on any atom is -0.380 e. The smallest absolute Gasteiger partial charge is 0.380 e. The average Bonchev–Trinajstić information content (AvgIpc) is 3.51. The summed E-state index contributed by atoms with van der Waals surface area (Å²) in [6, 6.07) is 10.3. The van der Waals surface area contributed by atoms with E-state index in [9.17, 15) is 27.9 Å². The molecule has 2 aromatic rings. The van der Waals surface area contributed by atoms with Crippen LogP contribution < -0.4 is 0 Å². The highest BCUT2D eigenvalue weighted by Crippen LogP contribution is 2.38. The van der Waals surface area contributed by atoms with E-state index < -0.39 is 17.3 Å². The van der Waals surface area contributed by atoms with Crippen LogP contribution in [0.5, 0.6) is 0 Å². The largest absolute Gasteiger partial charge is 0.417 e. The second-order valence-electron chi connectivity index (χ2n) is 8.24. The zero-order valence-corrected chi connectivity index (χ0v) is 17.1. The molecule has 2 aromatic carbocycles. The number of carbonyl (C=O) groups is 2. The molecule has 1 heterocycles. The second-order valence-corrected chi connectivity index (χ2v) is 8.24. The number of benzene rings is 2. The Kier molecular flexibility index (Phi) is 5.29. The number of hydrogen-bond acceptors (Lipinski definition) is 3. The summed E-state index contributed by atoms with van der Waals surface area (Å²) < 4.78 is 40.3. The molecular weight excluding hydrogens is 409 g/mol. The molecule has 1 saturated carbocycles. The molecule has 5 nitrogen and oxygen atoms in total. The lowest BCUT2D eigenvalue weighted by molar-refractivity contribution is -0.144. The Balaban J connectivity index is 1.46. The first-order chi connectivity index (χ1) is 14.6. The SMILES string of the molecule is Cc1ccc(-c2ccc(C(=O)N3CCN(C(=O)C4(O)CC4)CC3)cc2)c(C(F)(F)F)c1. The first kappa shape index (κ1) is 21.4. The number of aryl methyl sites for hydroxylation is 1. The molecule has 0 aromatic heterocycles. The molecule has 0 radical (unpaired) electrons. The molecule has 0 bridgehead atoms. The molecule has 0 atom stereocenters. The standard InChI is InChI=1S/C23H23F3N2O3/c1-15-2-7-18(19(14-15)23(24,25)26)16-3-5-17(6-4-16)20(29)27-10-12-28(13-11-27)21(30)22(31)8-9-22/h2-7,14,31H,8-13H2,1H3. The third kappa shape index (κ3) is 4.30. The van der Waals surface area contributed by atoms with Crippen LogP contribution in [0.1, 0.15) is 34.3 Å². The van der Waals surface area contributed by atoms with E-state index in [2.05, 4.69) is 0 Å². The zero-order chi connectivity index (χ0) is 22.4. The van der Waals surface area contributed by atoms with Gasteiger partial charge < -0.3 is 14.9 Å². The molecule has 0 spiro atoms. The maximum atomic E-state index is 13.4. The summed E-state index contributed by atoms with van der Waals surface area (Å²) in [4.78, 5) is 28.2.